The summed E-state index contributed by atoms with van der Waals surface area (Å²) in [6.45, 7) is 0.420. The zero-order valence-corrected chi connectivity index (χ0v) is 17.2. The molecule has 0 bridgehead atoms. The topological polar surface area (TPSA) is 75.7 Å². The fraction of sp³-hybridized carbons (Fsp3) is 0.350. The number of halogens is 1. The maximum absolute atomic E-state index is 13.0. The number of sulfonamides is 1. The molecule has 6 nitrogen and oxygen atoms in total. The first kappa shape index (κ1) is 20.6. The fourth-order valence-corrected chi connectivity index (χ4v) is 5.36. The van der Waals surface area contributed by atoms with Crippen LogP contribution >= 0.6 is 11.6 Å². The Kier molecular flexibility index (Phi) is 6.59. The molecule has 150 valence electrons. The Balaban J connectivity index is 1.72. The summed E-state index contributed by atoms with van der Waals surface area (Å²) in [4.78, 5) is 12.8. The number of nitrogens with one attached hydrogen (secondary N) is 1. The van der Waals surface area contributed by atoms with Crippen LogP contribution in [0, 0.1) is 0 Å². The van der Waals surface area contributed by atoms with Gasteiger partial charge in [-0.1, -0.05) is 36.2 Å². The Hall–Kier alpha value is -2.09. The first-order chi connectivity index (χ1) is 13.4. The van der Waals surface area contributed by atoms with Gasteiger partial charge in [0.15, 0.2) is 0 Å². The molecule has 1 saturated heterocycles. The number of piperidine rings is 1. The molecular formula is C20H23ClN2O4S. The minimum atomic E-state index is -3.63. The zero-order chi connectivity index (χ0) is 20.1. The van der Waals surface area contributed by atoms with Gasteiger partial charge < -0.3 is 10.1 Å². The fourth-order valence-electron chi connectivity index (χ4n) is 3.39. The highest BCUT2D eigenvalue weighted by molar-refractivity contribution is 7.89. The molecule has 2 aromatic rings. The molecule has 1 atom stereocenters. The van der Waals surface area contributed by atoms with Crippen LogP contribution in [0.4, 0.5) is 5.69 Å². The molecule has 0 aromatic heterocycles. The van der Waals surface area contributed by atoms with Gasteiger partial charge in [-0.25, -0.2) is 8.42 Å². The summed E-state index contributed by atoms with van der Waals surface area (Å²) in [6.07, 6.45) is 2.43. The number of hydrogen-bond acceptors (Lipinski definition) is 4. The summed E-state index contributed by atoms with van der Waals surface area (Å²) in [5.41, 5.74) is 0.545. The van der Waals surface area contributed by atoms with Crippen LogP contribution < -0.4 is 10.1 Å². The lowest BCUT2D eigenvalue weighted by atomic mass is 10.0. The van der Waals surface area contributed by atoms with Gasteiger partial charge in [-0.15, -0.1) is 0 Å². The van der Waals surface area contributed by atoms with Crippen LogP contribution in [0.2, 0.25) is 5.02 Å². The van der Waals surface area contributed by atoms with Gasteiger partial charge in [0.1, 0.15) is 5.75 Å². The lowest BCUT2D eigenvalue weighted by Gasteiger charge is -2.34. The van der Waals surface area contributed by atoms with Crippen molar-refractivity contribution in [3.05, 3.63) is 53.6 Å². The van der Waals surface area contributed by atoms with Crippen LogP contribution in [0.3, 0.4) is 0 Å². The van der Waals surface area contributed by atoms with E-state index in [-0.39, 0.29) is 23.3 Å². The van der Waals surface area contributed by atoms with Crippen LogP contribution in [-0.2, 0) is 14.8 Å². The molecule has 0 unspecified atom stereocenters. The summed E-state index contributed by atoms with van der Waals surface area (Å²) in [5.74, 6) is 0.272. The number of methoxy groups -OCH3 is 1. The summed E-state index contributed by atoms with van der Waals surface area (Å²) in [7, 11) is -2.11. The first-order valence-electron chi connectivity index (χ1n) is 9.12. The largest absolute Gasteiger partial charge is 0.495 e. The average molecular weight is 423 g/mol. The number of rotatable bonds is 6. The second kappa shape index (κ2) is 8.94. The standard InChI is InChI=1S/C20H23ClN2O4S/c1-27-19-11-10-15(13-18(19)21)22-20(24)14-16-7-5-6-12-23(16)28(25,26)17-8-3-2-4-9-17/h2-4,8-11,13,16H,5-7,12,14H2,1H3,(H,22,24)/t16-/m1/s1. The van der Waals surface area contributed by atoms with Gasteiger partial charge in [0, 0.05) is 24.7 Å². The normalized spacial score (nSPS) is 17.9. The molecule has 0 spiro atoms. The van der Waals surface area contributed by atoms with Crippen molar-refractivity contribution in [2.45, 2.75) is 36.6 Å². The third-order valence-corrected chi connectivity index (χ3v) is 7.04. The maximum atomic E-state index is 13.0. The maximum Gasteiger partial charge on any atom is 0.243 e. The smallest absolute Gasteiger partial charge is 0.243 e. The van der Waals surface area contributed by atoms with E-state index in [0.717, 1.165) is 12.8 Å². The van der Waals surface area contributed by atoms with Gasteiger partial charge in [0.25, 0.3) is 0 Å². The van der Waals surface area contributed by atoms with Gasteiger partial charge in [-0.3, -0.25) is 4.79 Å². The number of benzene rings is 2. The molecule has 1 amide bonds. The van der Waals surface area contributed by atoms with Crippen LogP contribution in [0.15, 0.2) is 53.4 Å². The van der Waals surface area contributed by atoms with Crippen LogP contribution in [0.5, 0.6) is 5.75 Å². The monoisotopic (exact) mass is 422 g/mol. The van der Waals surface area contributed by atoms with Gasteiger partial charge in [0.2, 0.25) is 15.9 Å². The molecule has 3 rings (SSSR count). The number of anilines is 1. The number of amides is 1. The van der Waals surface area contributed by atoms with E-state index in [9.17, 15) is 13.2 Å². The molecule has 8 heteroatoms. The molecule has 28 heavy (non-hydrogen) atoms. The number of ether oxygens (including phenoxy) is 1. The minimum Gasteiger partial charge on any atom is -0.495 e. The van der Waals surface area contributed by atoms with E-state index in [1.54, 1.807) is 48.5 Å². The Morgan fingerprint density at radius 2 is 1.96 bits per heavy atom. The van der Waals surface area contributed by atoms with E-state index in [0.29, 0.717) is 29.4 Å². The summed E-state index contributed by atoms with van der Waals surface area (Å²) >= 11 is 6.09. The minimum absolute atomic E-state index is 0.0930. The Bertz CT molecular complexity index is 934. The Labute approximate surface area is 170 Å². The molecule has 1 aliphatic heterocycles. The van der Waals surface area contributed by atoms with Gasteiger partial charge in [-0.2, -0.15) is 4.31 Å². The number of carbonyl (C=O) groups excluding carboxylic acids is 1. The molecule has 0 saturated carbocycles. The number of hydrogen-bond donors (Lipinski definition) is 1. The molecule has 1 fully saturated rings. The molecule has 1 aliphatic rings. The quantitative estimate of drug-likeness (QED) is 0.765. The highest BCUT2D eigenvalue weighted by Gasteiger charge is 2.34. The molecular weight excluding hydrogens is 400 g/mol. The number of nitrogens with zero attached hydrogens (tertiary/aromatic N) is 1. The number of carbonyl (C=O) groups is 1. The second-order valence-corrected chi connectivity index (χ2v) is 8.98. The van der Waals surface area contributed by atoms with Crippen LogP contribution in [-0.4, -0.2) is 38.3 Å². The van der Waals surface area contributed by atoms with Crippen LogP contribution in [0.25, 0.3) is 0 Å². The second-order valence-electron chi connectivity index (χ2n) is 6.68. The van der Waals surface area contributed by atoms with Crippen LogP contribution in [0.1, 0.15) is 25.7 Å². The Morgan fingerprint density at radius 1 is 1.21 bits per heavy atom. The van der Waals surface area contributed by atoms with E-state index in [2.05, 4.69) is 5.32 Å². The van der Waals surface area contributed by atoms with Gasteiger partial charge >= 0.3 is 0 Å². The van der Waals surface area contributed by atoms with Crippen molar-refractivity contribution in [3.63, 3.8) is 0 Å². The van der Waals surface area contributed by atoms with Gasteiger partial charge in [-0.05, 0) is 43.2 Å². The molecule has 0 aliphatic carbocycles. The van der Waals surface area contributed by atoms with Crippen molar-refractivity contribution in [1.82, 2.24) is 4.31 Å². The molecule has 1 N–H and O–H groups in total. The van der Waals surface area contributed by atoms with Crippen molar-refractivity contribution >= 4 is 33.2 Å². The SMILES string of the molecule is COc1ccc(NC(=O)C[C@H]2CCCCN2S(=O)(=O)c2ccccc2)cc1Cl. The van der Waals surface area contributed by atoms with Crippen molar-refractivity contribution in [1.29, 1.82) is 0 Å². The molecule has 0 radical (unpaired) electrons. The van der Waals surface area contributed by atoms with E-state index in [1.807, 2.05) is 0 Å². The van der Waals surface area contributed by atoms with E-state index < -0.39 is 10.0 Å². The van der Waals surface area contributed by atoms with Crippen molar-refractivity contribution in [2.75, 3.05) is 19.0 Å². The first-order valence-corrected chi connectivity index (χ1v) is 10.9. The zero-order valence-electron chi connectivity index (χ0n) is 15.6. The van der Waals surface area contributed by atoms with E-state index in [1.165, 1.54) is 11.4 Å². The summed E-state index contributed by atoms with van der Waals surface area (Å²) < 4.78 is 32.6. The van der Waals surface area contributed by atoms with Crippen molar-refractivity contribution in [3.8, 4) is 5.75 Å². The lowest BCUT2D eigenvalue weighted by molar-refractivity contribution is -0.117. The lowest BCUT2D eigenvalue weighted by Crippen LogP contribution is -2.45. The third kappa shape index (κ3) is 4.66. The predicted octanol–water partition coefficient (Wildman–Crippen LogP) is 3.92. The van der Waals surface area contributed by atoms with Crippen molar-refractivity contribution < 1.29 is 17.9 Å². The highest BCUT2D eigenvalue weighted by Crippen LogP contribution is 2.29. The van der Waals surface area contributed by atoms with E-state index in [4.69, 9.17) is 16.3 Å². The summed E-state index contributed by atoms with van der Waals surface area (Å²) in [6, 6.07) is 13.0. The predicted molar refractivity (Wildman–Crippen MR) is 109 cm³/mol. The summed E-state index contributed by atoms with van der Waals surface area (Å²) in [5, 5.41) is 3.19. The molecule has 2 aromatic carbocycles. The average Bonchev–Trinajstić information content (AvgIpc) is 2.69. The third-order valence-electron chi connectivity index (χ3n) is 4.78. The van der Waals surface area contributed by atoms with Crippen molar-refractivity contribution in [2.24, 2.45) is 0 Å². The highest BCUT2D eigenvalue weighted by atomic mass is 35.5. The molecule has 1 heterocycles. The van der Waals surface area contributed by atoms with Gasteiger partial charge in [0.05, 0.1) is 17.0 Å². The Morgan fingerprint density at radius 3 is 2.64 bits per heavy atom. The van der Waals surface area contributed by atoms with E-state index >= 15 is 0 Å².